The first-order valence-corrected chi connectivity index (χ1v) is 5.35. The third-order valence-corrected chi connectivity index (χ3v) is 2.57. The lowest BCUT2D eigenvalue weighted by Crippen LogP contribution is -1.94. The number of halogens is 1. The van der Waals surface area contributed by atoms with Gasteiger partial charge < -0.3 is 5.32 Å². The summed E-state index contributed by atoms with van der Waals surface area (Å²) in [6, 6.07) is 7.75. The summed E-state index contributed by atoms with van der Waals surface area (Å²) in [5.74, 6) is 0.795. The van der Waals surface area contributed by atoms with Crippen LogP contribution in [0.5, 0.6) is 0 Å². The zero-order valence-corrected chi connectivity index (χ0v) is 9.82. The lowest BCUT2D eigenvalue weighted by molar-refractivity contribution is 1.19. The van der Waals surface area contributed by atoms with E-state index in [1.54, 1.807) is 12.4 Å². The van der Waals surface area contributed by atoms with Gasteiger partial charge in [0.05, 0.1) is 16.4 Å². The minimum absolute atomic E-state index is 0.795. The highest BCUT2D eigenvalue weighted by Gasteiger charge is 2.00. The molecular weight excluding hydrogens is 254 g/mol. The molecule has 0 unspecified atom stereocenters. The van der Waals surface area contributed by atoms with Crippen LogP contribution in [0.2, 0.25) is 0 Å². The smallest absolute Gasteiger partial charge is 0.144 e. The predicted molar refractivity (Wildman–Crippen MR) is 64.2 cm³/mol. The molecule has 2 aromatic rings. The van der Waals surface area contributed by atoms with Crippen LogP contribution in [-0.4, -0.2) is 9.97 Å². The number of rotatable bonds is 2. The van der Waals surface area contributed by atoms with Crippen LogP contribution >= 0.6 is 15.9 Å². The molecule has 0 aromatic carbocycles. The van der Waals surface area contributed by atoms with E-state index in [2.05, 4.69) is 31.2 Å². The number of nitrogens with one attached hydrogen (secondary N) is 1. The molecule has 15 heavy (non-hydrogen) atoms. The van der Waals surface area contributed by atoms with Crippen molar-refractivity contribution in [2.45, 2.75) is 6.92 Å². The fourth-order valence-corrected chi connectivity index (χ4v) is 1.51. The summed E-state index contributed by atoms with van der Waals surface area (Å²) in [4.78, 5) is 8.41. The Hall–Kier alpha value is -1.42. The molecule has 3 nitrogen and oxygen atoms in total. The van der Waals surface area contributed by atoms with Gasteiger partial charge in [-0.3, -0.25) is 4.98 Å². The maximum atomic E-state index is 4.21. The van der Waals surface area contributed by atoms with Crippen LogP contribution in [0, 0.1) is 6.92 Å². The van der Waals surface area contributed by atoms with Gasteiger partial charge in [0, 0.05) is 11.9 Å². The molecule has 0 aliphatic rings. The average molecular weight is 264 g/mol. The Labute approximate surface area is 96.7 Å². The number of hydrogen-bond donors (Lipinski definition) is 1. The summed E-state index contributed by atoms with van der Waals surface area (Å²) in [5.41, 5.74) is 1.93. The summed E-state index contributed by atoms with van der Waals surface area (Å²) >= 11 is 3.42. The fourth-order valence-electron chi connectivity index (χ4n) is 1.16. The Kier molecular flexibility index (Phi) is 2.97. The Balaban J connectivity index is 2.22. The minimum Gasteiger partial charge on any atom is -0.338 e. The van der Waals surface area contributed by atoms with Crippen molar-refractivity contribution in [2.24, 2.45) is 0 Å². The molecule has 0 fully saturated rings. The van der Waals surface area contributed by atoms with Crippen LogP contribution in [0.25, 0.3) is 0 Å². The minimum atomic E-state index is 0.795. The molecule has 0 bridgehead atoms. The number of nitrogens with zero attached hydrogens (tertiary/aromatic N) is 2. The number of hydrogen-bond acceptors (Lipinski definition) is 3. The fraction of sp³-hybridized carbons (Fsp3) is 0.0909. The first-order valence-electron chi connectivity index (χ1n) is 4.56. The van der Waals surface area contributed by atoms with Gasteiger partial charge in [-0.05, 0) is 47.1 Å². The van der Waals surface area contributed by atoms with E-state index in [0.717, 1.165) is 21.7 Å². The molecule has 4 heteroatoms. The first-order chi connectivity index (χ1) is 7.25. The average Bonchev–Trinajstić information content (AvgIpc) is 2.25. The van der Waals surface area contributed by atoms with Gasteiger partial charge in [0.2, 0.25) is 0 Å². The van der Waals surface area contributed by atoms with Crippen molar-refractivity contribution in [3.05, 3.63) is 46.8 Å². The van der Waals surface area contributed by atoms with E-state index in [9.17, 15) is 0 Å². The van der Waals surface area contributed by atoms with Crippen molar-refractivity contribution in [3.8, 4) is 0 Å². The summed E-state index contributed by atoms with van der Waals surface area (Å²) in [6.07, 6.45) is 3.53. The molecule has 2 rings (SSSR count). The van der Waals surface area contributed by atoms with Crippen molar-refractivity contribution in [1.82, 2.24) is 9.97 Å². The SMILES string of the molecule is Cc1ccc(Nc2ncccc2Br)cn1. The summed E-state index contributed by atoms with van der Waals surface area (Å²) in [7, 11) is 0. The van der Waals surface area contributed by atoms with Gasteiger partial charge in [0.15, 0.2) is 0 Å². The Bertz CT molecular complexity index is 454. The van der Waals surface area contributed by atoms with Crippen LogP contribution in [-0.2, 0) is 0 Å². The van der Waals surface area contributed by atoms with E-state index in [1.807, 2.05) is 31.2 Å². The van der Waals surface area contributed by atoms with Crippen molar-refractivity contribution >= 4 is 27.4 Å². The molecular formula is C11H10BrN3. The summed E-state index contributed by atoms with van der Waals surface area (Å²) in [6.45, 7) is 1.96. The van der Waals surface area contributed by atoms with E-state index >= 15 is 0 Å². The number of aryl methyl sites for hydroxylation is 1. The molecule has 0 saturated heterocycles. The molecule has 0 aliphatic heterocycles. The van der Waals surface area contributed by atoms with Crippen LogP contribution in [0.4, 0.5) is 11.5 Å². The Morgan fingerprint density at radius 3 is 2.73 bits per heavy atom. The molecule has 0 spiro atoms. The third kappa shape index (κ3) is 2.53. The molecule has 2 aromatic heterocycles. The van der Waals surface area contributed by atoms with Crippen LogP contribution in [0.1, 0.15) is 5.69 Å². The molecule has 0 amide bonds. The largest absolute Gasteiger partial charge is 0.338 e. The van der Waals surface area contributed by atoms with Gasteiger partial charge in [-0.2, -0.15) is 0 Å². The van der Waals surface area contributed by atoms with Gasteiger partial charge in [0.1, 0.15) is 5.82 Å². The molecule has 2 heterocycles. The van der Waals surface area contributed by atoms with Crippen molar-refractivity contribution in [2.75, 3.05) is 5.32 Å². The lowest BCUT2D eigenvalue weighted by atomic mass is 10.3. The summed E-state index contributed by atoms with van der Waals surface area (Å²) in [5, 5.41) is 3.18. The molecule has 76 valence electrons. The van der Waals surface area contributed by atoms with E-state index in [4.69, 9.17) is 0 Å². The quantitative estimate of drug-likeness (QED) is 0.904. The van der Waals surface area contributed by atoms with Gasteiger partial charge in [-0.25, -0.2) is 4.98 Å². The van der Waals surface area contributed by atoms with E-state index < -0.39 is 0 Å². The highest BCUT2D eigenvalue weighted by molar-refractivity contribution is 9.10. The normalized spacial score (nSPS) is 10.0. The second-order valence-corrected chi connectivity index (χ2v) is 4.00. The summed E-state index contributed by atoms with van der Waals surface area (Å²) < 4.78 is 0.936. The molecule has 0 saturated carbocycles. The van der Waals surface area contributed by atoms with Crippen molar-refractivity contribution < 1.29 is 0 Å². The third-order valence-electron chi connectivity index (χ3n) is 1.93. The highest BCUT2D eigenvalue weighted by atomic mass is 79.9. The van der Waals surface area contributed by atoms with Crippen LogP contribution in [0.3, 0.4) is 0 Å². The predicted octanol–water partition coefficient (Wildman–Crippen LogP) is 3.29. The number of anilines is 2. The van der Waals surface area contributed by atoms with Gasteiger partial charge in [0.25, 0.3) is 0 Å². The monoisotopic (exact) mass is 263 g/mol. The maximum absolute atomic E-state index is 4.21. The molecule has 0 radical (unpaired) electrons. The Morgan fingerprint density at radius 1 is 1.20 bits per heavy atom. The van der Waals surface area contributed by atoms with E-state index in [0.29, 0.717) is 0 Å². The molecule has 0 atom stereocenters. The van der Waals surface area contributed by atoms with E-state index in [1.165, 1.54) is 0 Å². The molecule has 0 aliphatic carbocycles. The lowest BCUT2D eigenvalue weighted by Gasteiger charge is -2.06. The van der Waals surface area contributed by atoms with Gasteiger partial charge >= 0.3 is 0 Å². The zero-order valence-electron chi connectivity index (χ0n) is 8.24. The van der Waals surface area contributed by atoms with Crippen LogP contribution < -0.4 is 5.32 Å². The maximum Gasteiger partial charge on any atom is 0.144 e. The topological polar surface area (TPSA) is 37.8 Å². The van der Waals surface area contributed by atoms with Crippen LogP contribution in [0.15, 0.2) is 41.1 Å². The van der Waals surface area contributed by atoms with Crippen molar-refractivity contribution in [3.63, 3.8) is 0 Å². The highest BCUT2D eigenvalue weighted by Crippen LogP contribution is 2.22. The van der Waals surface area contributed by atoms with E-state index in [-0.39, 0.29) is 0 Å². The Morgan fingerprint density at radius 2 is 2.07 bits per heavy atom. The zero-order chi connectivity index (χ0) is 10.7. The van der Waals surface area contributed by atoms with Gasteiger partial charge in [-0.15, -0.1) is 0 Å². The van der Waals surface area contributed by atoms with Crippen molar-refractivity contribution in [1.29, 1.82) is 0 Å². The number of pyridine rings is 2. The second kappa shape index (κ2) is 4.40. The van der Waals surface area contributed by atoms with Gasteiger partial charge in [-0.1, -0.05) is 0 Å². The second-order valence-electron chi connectivity index (χ2n) is 3.15. The molecule has 1 N–H and O–H groups in total. The standard InChI is InChI=1S/C11H10BrN3/c1-8-4-5-9(7-14-8)15-11-10(12)3-2-6-13-11/h2-7H,1H3,(H,13,15). The first kappa shape index (κ1) is 10.1. The number of aromatic nitrogens is 2.